The van der Waals surface area contributed by atoms with E-state index in [0.29, 0.717) is 25.9 Å². The van der Waals surface area contributed by atoms with Crippen molar-refractivity contribution in [3.8, 4) is 0 Å². The van der Waals surface area contributed by atoms with Gasteiger partial charge in [0.15, 0.2) is 0 Å². The van der Waals surface area contributed by atoms with Gasteiger partial charge in [0.1, 0.15) is 0 Å². The second-order valence-electron chi connectivity index (χ2n) is 3.86. The lowest BCUT2D eigenvalue weighted by atomic mass is 10.1. The van der Waals surface area contributed by atoms with Crippen molar-refractivity contribution in [1.29, 1.82) is 0 Å². The van der Waals surface area contributed by atoms with Crippen LogP contribution in [0.1, 0.15) is 25.7 Å². The van der Waals surface area contributed by atoms with Crippen LogP contribution in [-0.4, -0.2) is 36.7 Å². The van der Waals surface area contributed by atoms with Gasteiger partial charge in [-0.2, -0.15) is 0 Å². The summed E-state index contributed by atoms with van der Waals surface area (Å²) in [6, 6.07) is 0.0236. The molecule has 2 N–H and O–H groups in total. The summed E-state index contributed by atoms with van der Waals surface area (Å²) in [4.78, 5) is 22.0. The highest BCUT2D eigenvalue weighted by Gasteiger charge is 2.30. The van der Waals surface area contributed by atoms with Gasteiger partial charge in [-0.25, -0.2) is 0 Å². The summed E-state index contributed by atoms with van der Waals surface area (Å²) in [5.41, 5.74) is 0. The second-order valence-corrected chi connectivity index (χ2v) is 3.86. The van der Waals surface area contributed by atoms with Crippen LogP contribution in [0.25, 0.3) is 0 Å². The van der Waals surface area contributed by atoms with Gasteiger partial charge in [-0.1, -0.05) is 0 Å². The van der Waals surface area contributed by atoms with Crippen LogP contribution in [0, 0.1) is 5.92 Å². The van der Waals surface area contributed by atoms with Gasteiger partial charge in [-0.05, 0) is 19.3 Å². The molecule has 1 fully saturated rings. The third-order valence-corrected chi connectivity index (χ3v) is 2.68. The number of methoxy groups -OCH3 is 1. The van der Waals surface area contributed by atoms with E-state index in [4.69, 9.17) is 9.84 Å². The van der Waals surface area contributed by atoms with E-state index >= 15 is 0 Å². The van der Waals surface area contributed by atoms with Crippen LogP contribution in [-0.2, 0) is 14.3 Å². The molecule has 1 aliphatic carbocycles. The van der Waals surface area contributed by atoms with E-state index in [1.165, 1.54) is 0 Å². The number of hydrogen-bond donors (Lipinski definition) is 2. The van der Waals surface area contributed by atoms with Crippen molar-refractivity contribution in [3.63, 3.8) is 0 Å². The first-order chi connectivity index (χ1) is 7.13. The lowest BCUT2D eigenvalue weighted by Crippen LogP contribution is -2.33. The molecule has 0 aromatic heterocycles. The van der Waals surface area contributed by atoms with Crippen LogP contribution in [0.15, 0.2) is 0 Å². The summed E-state index contributed by atoms with van der Waals surface area (Å²) in [6.45, 7) is 0.404. The Labute approximate surface area is 88.8 Å². The van der Waals surface area contributed by atoms with Crippen LogP contribution >= 0.6 is 0 Å². The summed E-state index contributed by atoms with van der Waals surface area (Å²) in [6.07, 6.45) is 2.30. The molecule has 5 heteroatoms. The first-order valence-electron chi connectivity index (χ1n) is 5.14. The molecule has 0 spiro atoms. The summed E-state index contributed by atoms with van der Waals surface area (Å²) >= 11 is 0. The van der Waals surface area contributed by atoms with Gasteiger partial charge in [-0.3, -0.25) is 9.59 Å². The minimum atomic E-state index is -0.761. The molecular formula is C10H17NO4. The number of rotatable bonds is 5. The molecule has 0 radical (unpaired) electrons. The predicted octanol–water partition coefficient (Wildman–Crippen LogP) is 0.392. The minimum absolute atomic E-state index is 0.0236. The number of carbonyl (C=O) groups is 2. The summed E-state index contributed by atoms with van der Waals surface area (Å²) < 4.78 is 4.78. The molecule has 0 unspecified atom stereocenters. The summed E-state index contributed by atoms with van der Waals surface area (Å²) in [5.74, 6) is -1.12. The number of carboxylic acids is 1. The maximum Gasteiger partial charge on any atom is 0.306 e. The average molecular weight is 215 g/mol. The van der Waals surface area contributed by atoms with Gasteiger partial charge < -0.3 is 15.2 Å². The number of ether oxygens (including phenoxy) is 1. The Balaban J connectivity index is 2.23. The van der Waals surface area contributed by atoms with E-state index in [9.17, 15) is 9.59 Å². The molecular weight excluding hydrogens is 198 g/mol. The highest BCUT2D eigenvalue weighted by Crippen LogP contribution is 2.25. The quantitative estimate of drug-likeness (QED) is 0.695. The van der Waals surface area contributed by atoms with Gasteiger partial charge >= 0.3 is 5.97 Å². The smallest absolute Gasteiger partial charge is 0.306 e. The fourth-order valence-electron chi connectivity index (χ4n) is 1.83. The fourth-order valence-corrected chi connectivity index (χ4v) is 1.83. The predicted molar refractivity (Wildman–Crippen MR) is 53.4 cm³/mol. The molecule has 0 aromatic rings. The molecule has 1 rings (SSSR count). The van der Waals surface area contributed by atoms with E-state index in [2.05, 4.69) is 5.32 Å². The molecule has 0 aromatic carbocycles. The first-order valence-corrected chi connectivity index (χ1v) is 5.14. The lowest BCUT2D eigenvalue weighted by Gasteiger charge is -2.11. The molecule has 5 nitrogen and oxygen atoms in total. The van der Waals surface area contributed by atoms with Crippen molar-refractivity contribution < 1.29 is 19.4 Å². The Bertz CT molecular complexity index is 242. The zero-order valence-corrected chi connectivity index (χ0v) is 8.86. The third kappa shape index (κ3) is 3.87. The summed E-state index contributed by atoms with van der Waals surface area (Å²) in [7, 11) is 1.54. The second kappa shape index (κ2) is 5.70. The zero-order chi connectivity index (χ0) is 11.3. The minimum Gasteiger partial charge on any atom is -0.481 e. The Morgan fingerprint density at radius 3 is 2.73 bits per heavy atom. The third-order valence-electron chi connectivity index (χ3n) is 2.68. The highest BCUT2D eigenvalue weighted by atomic mass is 16.5. The van der Waals surface area contributed by atoms with Crippen molar-refractivity contribution in [2.24, 2.45) is 5.92 Å². The van der Waals surface area contributed by atoms with Crippen molar-refractivity contribution >= 4 is 11.9 Å². The zero-order valence-electron chi connectivity index (χ0n) is 8.86. The average Bonchev–Trinajstić information content (AvgIpc) is 2.63. The van der Waals surface area contributed by atoms with E-state index in [0.717, 1.165) is 6.42 Å². The first kappa shape index (κ1) is 12.0. The molecule has 0 saturated heterocycles. The van der Waals surface area contributed by atoms with Crippen molar-refractivity contribution in [3.05, 3.63) is 0 Å². The van der Waals surface area contributed by atoms with Crippen LogP contribution in [0.2, 0.25) is 0 Å². The monoisotopic (exact) mass is 215 g/mol. The Hall–Kier alpha value is -1.10. The Morgan fingerprint density at radius 2 is 2.20 bits per heavy atom. The standard InChI is InChI=1S/C10H17NO4/c1-15-5-4-9(12)11-8-3-2-7(6-8)10(13)14/h7-8H,2-6H2,1H3,(H,11,12)(H,13,14)/t7-,8+/m0/s1. The van der Waals surface area contributed by atoms with Gasteiger partial charge in [0.25, 0.3) is 0 Å². The molecule has 0 heterocycles. The van der Waals surface area contributed by atoms with Crippen molar-refractivity contribution in [2.75, 3.05) is 13.7 Å². The van der Waals surface area contributed by atoms with E-state index in [-0.39, 0.29) is 17.9 Å². The van der Waals surface area contributed by atoms with Crippen LogP contribution in [0.4, 0.5) is 0 Å². The van der Waals surface area contributed by atoms with Crippen molar-refractivity contribution in [1.82, 2.24) is 5.32 Å². The Kier molecular flexibility index (Phi) is 4.55. The van der Waals surface area contributed by atoms with Gasteiger partial charge in [-0.15, -0.1) is 0 Å². The molecule has 15 heavy (non-hydrogen) atoms. The molecule has 0 bridgehead atoms. The SMILES string of the molecule is COCCC(=O)N[C@@H]1CC[C@H](C(=O)O)C1. The van der Waals surface area contributed by atoms with E-state index in [1.54, 1.807) is 7.11 Å². The van der Waals surface area contributed by atoms with Crippen LogP contribution in [0.3, 0.4) is 0 Å². The highest BCUT2D eigenvalue weighted by molar-refractivity contribution is 5.76. The van der Waals surface area contributed by atoms with Gasteiger partial charge in [0, 0.05) is 19.6 Å². The fraction of sp³-hybridized carbons (Fsp3) is 0.800. The largest absolute Gasteiger partial charge is 0.481 e. The molecule has 1 saturated carbocycles. The molecule has 1 aliphatic rings. The van der Waals surface area contributed by atoms with Gasteiger partial charge in [0.2, 0.25) is 5.91 Å². The number of aliphatic carboxylic acids is 1. The Morgan fingerprint density at radius 1 is 1.47 bits per heavy atom. The van der Waals surface area contributed by atoms with Crippen LogP contribution < -0.4 is 5.32 Å². The lowest BCUT2D eigenvalue weighted by molar-refractivity contribution is -0.141. The number of amides is 1. The maximum absolute atomic E-state index is 11.3. The molecule has 86 valence electrons. The number of carbonyl (C=O) groups excluding carboxylic acids is 1. The number of nitrogens with one attached hydrogen (secondary N) is 1. The maximum atomic E-state index is 11.3. The van der Waals surface area contributed by atoms with Crippen LogP contribution in [0.5, 0.6) is 0 Å². The topological polar surface area (TPSA) is 75.6 Å². The van der Waals surface area contributed by atoms with Crippen molar-refractivity contribution in [2.45, 2.75) is 31.7 Å². The van der Waals surface area contributed by atoms with E-state index in [1.807, 2.05) is 0 Å². The molecule has 2 atom stereocenters. The number of hydrogen-bond acceptors (Lipinski definition) is 3. The molecule has 1 amide bonds. The summed E-state index contributed by atoms with van der Waals surface area (Å²) in [5, 5.41) is 11.6. The van der Waals surface area contributed by atoms with Gasteiger partial charge in [0.05, 0.1) is 12.5 Å². The molecule has 0 aliphatic heterocycles. The number of carboxylic acid groups (broad SMARTS) is 1. The normalized spacial score (nSPS) is 25.1. The van der Waals surface area contributed by atoms with E-state index < -0.39 is 5.97 Å².